The van der Waals surface area contributed by atoms with Gasteiger partial charge in [0.1, 0.15) is 0 Å². The molecule has 0 aromatic heterocycles. The fourth-order valence-electron chi connectivity index (χ4n) is 2.60. The minimum atomic E-state index is 0.383. The highest BCUT2D eigenvalue weighted by atomic mass is 35.5. The van der Waals surface area contributed by atoms with Crippen molar-refractivity contribution in [1.82, 2.24) is 5.32 Å². The van der Waals surface area contributed by atoms with Crippen LogP contribution in [0.4, 0.5) is 0 Å². The molecule has 1 aliphatic heterocycles. The summed E-state index contributed by atoms with van der Waals surface area (Å²) in [4.78, 5) is 0. The molecule has 0 spiro atoms. The van der Waals surface area contributed by atoms with Crippen LogP contribution in [0.5, 0.6) is 0 Å². The third-order valence-corrected chi connectivity index (χ3v) is 4.30. The lowest BCUT2D eigenvalue weighted by Gasteiger charge is -2.12. The van der Waals surface area contributed by atoms with Crippen LogP contribution < -0.4 is 5.32 Å². The highest BCUT2D eigenvalue weighted by Gasteiger charge is 2.57. The number of hydrogen-bond donors (Lipinski definition) is 1. The van der Waals surface area contributed by atoms with Gasteiger partial charge in [-0.2, -0.15) is 0 Å². The lowest BCUT2D eigenvalue weighted by atomic mass is 9.95. The third-order valence-electron chi connectivity index (χ3n) is 3.56. The van der Waals surface area contributed by atoms with Crippen LogP contribution in [0.1, 0.15) is 12.0 Å². The summed E-state index contributed by atoms with van der Waals surface area (Å²) in [5.41, 5.74) is 1.73. The topological polar surface area (TPSA) is 21.3 Å². The summed E-state index contributed by atoms with van der Waals surface area (Å²) >= 11 is 11.9. The first-order chi connectivity index (χ1) is 8.14. The monoisotopic (exact) mass is 273 g/mol. The quantitative estimate of drug-likeness (QED) is 0.849. The summed E-state index contributed by atoms with van der Waals surface area (Å²) < 4.78 is 4.25. The van der Waals surface area contributed by atoms with Gasteiger partial charge in [-0.25, -0.2) is 0 Å². The Balaban J connectivity index is 0.000000329. The molecule has 2 aliphatic rings. The van der Waals surface area contributed by atoms with Gasteiger partial charge < -0.3 is 10.1 Å². The van der Waals surface area contributed by atoms with Crippen molar-refractivity contribution in [3.63, 3.8) is 0 Å². The Bertz CT molecular complexity index is 410. The normalized spacial score (nSPS) is 29.3. The van der Waals surface area contributed by atoms with Crippen molar-refractivity contribution in [2.75, 3.05) is 27.3 Å². The number of nitrogens with one attached hydrogen (secondary N) is 1. The molecule has 1 saturated heterocycles. The Morgan fingerprint density at radius 2 is 2.00 bits per heavy atom. The van der Waals surface area contributed by atoms with Gasteiger partial charge in [0, 0.05) is 26.2 Å². The van der Waals surface area contributed by atoms with Crippen LogP contribution in [-0.4, -0.2) is 27.3 Å². The summed E-state index contributed by atoms with van der Waals surface area (Å²) in [5, 5.41) is 4.74. The Labute approximate surface area is 112 Å². The molecule has 1 N–H and O–H groups in total. The highest BCUT2D eigenvalue weighted by molar-refractivity contribution is 6.42. The SMILES string of the molecule is COC.Clc1ccc([C@]23CNCC2C3)cc1Cl. The van der Waals surface area contributed by atoms with Gasteiger partial charge in [-0.15, -0.1) is 0 Å². The Hall–Kier alpha value is -0.280. The van der Waals surface area contributed by atoms with Crippen molar-refractivity contribution in [3.8, 4) is 0 Å². The van der Waals surface area contributed by atoms with Crippen LogP contribution >= 0.6 is 23.2 Å². The van der Waals surface area contributed by atoms with E-state index in [9.17, 15) is 0 Å². The van der Waals surface area contributed by atoms with Crippen LogP contribution in [0, 0.1) is 5.92 Å². The summed E-state index contributed by atoms with van der Waals surface area (Å²) in [6.07, 6.45) is 1.30. The van der Waals surface area contributed by atoms with Crippen LogP contribution in [0.2, 0.25) is 10.0 Å². The maximum absolute atomic E-state index is 6.02. The maximum Gasteiger partial charge on any atom is 0.0595 e. The predicted molar refractivity (Wildman–Crippen MR) is 72.0 cm³/mol. The number of halogens is 2. The molecule has 1 saturated carbocycles. The second-order valence-electron chi connectivity index (χ2n) is 4.73. The summed E-state index contributed by atoms with van der Waals surface area (Å²) in [7, 11) is 3.25. The van der Waals surface area contributed by atoms with E-state index in [4.69, 9.17) is 23.2 Å². The summed E-state index contributed by atoms with van der Waals surface area (Å²) in [6.45, 7) is 2.25. The first-order valence-electron chi connectivity index (χ1n) is 5.70. The lowest BCUT2D eigenvalue weighted by Crippen LogP contribution is -2.19. The number of fused-ring (bicyclic) bond motifs is 1. The molecule has 4 heteroatoms. The van der Waals surface area contributed by atoms with Gasteiger partial charge in [-0.1, -0.05) is 29.3 Å². The Kier molecular flexibility index (Phi) is 3.99. The maximum atomic E-state index is 6.02. The fraction of sp³-hybridized carbons (Fsp3) is 0.538. The van der Waals surface area contributed by atoms with Crippen LogP contribution in [-0.2, 0) is 10.2 Å². The third kappa shape index (κ3) is 2.45. The number of methoxy groups -OCH3 is 1. The second-order valence-corrected chi connectivity index (χ2v) is 5.54. The Morgan fingerprint density at radius 3 is 2.47 bits per heavy atom. The number of benzene rings is 1. The summed E-state index contributed by atoms with van der Waals surface area (Å²) in [6, 6.07) is 6.04. The molecular formula is C13H17Cl2NO. The number of ether oxygens (including phenoxy) is 1. The van der Waals surface area contributed by atoms with Crippen molar-refractivity contribution in [2.24, 2.45) is 5.92 Å². The van der Waals surface area contributed by atoms with Crippen LogP contribution in [0.3, 0.4) is 0 Å². The minimum absolute atomic E-state index is 0.383. The molecule has 94 valence electrons. The first kappa shape index (κ1) is 13.2. The lowest BCUT2D eigenvalue weighted by molar-refractivity contribution is 0.277. The molecule has 0 radical (unpaired) electrons. The average Bonchev–Trinajstić information content (AvgIpc) is 2.87. The van der Waals surface area contributed by atoms with Crippen molar-refractivity contribution in [1.29, 1.82) is 0 Å². The molecule has 1 aromatic carbocycles. The predicted octanol–water partition coefficient (Wildman–Crippen LogP) is 3.12. The van der Waals surface area contributed by atoms with Crippen molar-refractivity contribution in [2.45, 2.75) is 11.8 Å². The van der Waals surface area contributed by atoms with Gasteiger partial charge in [0.15, 0.2) is 0 Å². The van der Waals surface area contributed by atoms with Crippen LogP contribution in [0.25, 0.3) is 0 Å². The fourth-order valence-corrected chi connectivity index (χ4v) is 2.89. The van der Waals surface area contributed by atoms with E-state index in [1.54, 1.807) is 14.2 Å². The van der Waals surface area contributed by atoms with E-state index in [0.29, 0.717) is 15.5 Å². The highest BCUT2D eigenvalue weighted by Crippen LogP contribution is 2.56. The minimum Gasteiger partial charge on any atom is -0.388 e. The molecule has 0 amide bonds. The average molecular weight is 274 g/mol. The van der Waals surface area contributed by atoms with E-state index in [-0.39, 0.29) is 0 Å². The van der Waals surface area contributed by atoms with Gasteiger partial charge in [0.25, 0.3) is 0 Å². The zero-order valence-electron chi connectivity index (χ0n) is 10.1. The number of piperidine rings is 1. The van der Waals surface area contributed by atoms with Crippen molar-refractivity contribution >= 4 is 23.2 Å². The van der Waals surface area contributed by atoms with E-state index in [0.717, 1.165) is 19.0 Å². The van der Waals surface area contributed by atoms with E-state index < -0.39 is 0 Å². The van der Waals surface area contributed by atoms with Gasteiger partial charge in [-0.05, 0) is 36.6 Å². The van der Waals surface area contributed by atoms with Gasteiger partial charge in [0.05, 0.1) is 10.0 Å². The number of hydrogen-bond acceptors (Lipinski definition) is 2. The number of rotatable bonds is 1. The van der Waals surface area contributed by atoms with E-state index in [1.165, 1.54) is 12.0 Å². The summed E-state index contributed by atoms with van der Waals surface area (Å²) in [5.74, 6) is 0.819. The molecule has 1 aliphatic carbocycles. The van der Waals surface area contributed by atoms with E-state index >= 15 is 0 Å². The zero-order valence-corrected chi connectivity index (χ0v) is 11.6. The van der Waals surface area contributed by atoms with Gasteiger partial charge in [0.2, 0.25) is 0 Å². The molecule has 2 atom stereocenters. The standard InChI is InChI=1S/C11H11Cl2N.C2H6O/c12-9-2-1-7(3-10(9)13)11-4-8(11)5-14-6-11;1-3-2/h1-3,8,14H,4-6H2;1-2H3/t8?,11-;/m0./s1. The van der Waals surface area contributed by atoms with Crippen molar-refractivity contribution in [3.05, 3.63) is 33.8 Å². The smallest absolute Gasteiger partial charge is 0.0595 e. The van der Waals surface area contributed by atoms with E-state index in [1.807, 2.05) is 12.1 Å². The molecule has 2 fully saturated rings. The molecule has 2 nitrogen and oxygen atoms in total. The van der Waals surface area contributed by atoms with Gasteiger partial charge in [-0.3, -0.25) is 0 Å². The first-order valence-corrected chi connectivity index (χ1v) is 6.46. The van der Waals surface area contributed by atoms with Crippen LogP contribution in [0.15, 0.2) is 18.2 Å². The molecule has 3 rings (SSSR count). The molecule has 1 unspecified atom stereocenters. The zero-order chi connectivity index (χ0) is 12.5. The molecule has 17 heavy (non-hydrogen) atoms. The Morgan fingerprint density at radius 1 is 1.29 bits per heavy atom. The van der Waals surface area contributed by atoms with E-state index in [2.05, 4.69) is 16.1 Å². The molecule has 1 heterocycles. The largest absolute Gasteiger partial charge is 0.388 e. The second kappa shape index (κ2) is 5.15. The van der Waals surface area contributed by atoms with Gasteiger partial charge >= 0.3 is 0 Å². The molecule has 1 aromatic rings. The molecular weight excluding hydrogens is 257 g/mol. The molecule has 0 bridgehead atoms. The van der Waals surface area contributed by atoms with Crippen molar-refractivity contribution < 1.29 is 4.74 Å².